The summed E-state index contributed by atoms with van der Waals surface area (Å²) in [5, 5.41) is 4.33. The number of carbonyl (C=O) groups excluding carboxylic acids is 1. The van der Waals surface area contributed by atoms with Crippen LogP contribution in [0.4, 0.5) is 0 Å². The van der Waals surface area contributed by atoms with Crippen molar-refractivity contribution in [2.45, 2.75) is 33.2 Å². The molecule has 2 N–H and O–H groups in total. The van der Waals surface area contributed by atoms with Crippen LogP contribution in [0.25, 0.3) is 0 Å². The number of amides is 1. The van der Waals surface area contributed by atoms with Crippen molar-refractivity contribution in [1.82, 2.24) is 14.7 Å². The molecular formula is C13H24Cl2N4O. The minimum atomic E-state index is 0. The minimum absolute atomic E-state index is 0. The minimum Gasteiger partial charge on any atom is -0.341 e. The molecule has 1 saturated heterocycles. The second-order valence-corrected chi connectivity index (χ2v) is 5.14. The lowest BCUT2D eigenvalue weighted by molar-refractivity contribution is -0.133. The Hall–Kier alpha value is -0.780. The smallest absolute Gasteiger partial charge is 0.244 e. The van der Waals surface area contributed by atoms with Gasteiger partial charge in [-0.1, -0.05) is 0 Å². The Morgan fingerprint density at radius 2 is 1.95 bits per heavy atom. The fraction of sp³-hybridized carbons (Fsp3) is 0.692. The van der Waals surface area contributed by atoms with E-state index in [0.717, 1.165) is 43.9 Å². The molecule has 20 heavy (non-hydrogen) atoms. The number of nitrogens with two attached hydrogens (primary N) is 1. The molecule has 1 aromatic heterocycles. The van der Waals surface area contributed by atoms with Gasteiger partial charge >= 0.3 is 0 Å². The molecule has 0 radical (unpaired) electrons. The average Bonchev–Trinajstić information content (AvgIpc) is 2.68. The highest BCUT2D eigenvalue weighted by Crippen LogP contribution is 2.16. The van der Waals surface area contributed by atoms with Crippen LogP contribution >= 0.6 is 24.8 Å². The molecule has 116 valence electrons. The quantitative estimate of drug-likeness (QED) is 0.918. The van der Waals surface area contributed by atoms with Crippen LogP contribution in [-0.2, 0) is 11.3 Å². The third kappa shape index (κ3) is 4.65. The number of nitrogens with zero attached hydrogens (tertiary/aromatic N) is 3. The van der Waals surface area contributed by atoms with Gasteiger partial charge in [-0.2, -0.15) is 5.10 Å². The van der Waals surface area contributed by atoms with E-state index in [1.807, 2.05) is 24.8 Å². The number of piperidine rings is 1. The van der Waals surface area contributed by atoms with Crippen LogP contribution in [-0.4, -0.2) is 40.2 Å². The van der Waals surface area contributed by atoms with Crippen molar-refractivity contribution < 1.29 is 4.79 Å². The molecule has 1 aliphatic rings. The molecule has 0 saturated carbocycles. The molecule has 1 amide bonds. The van der Waals surface area contributed by atoms with Crippen LogP contribution in [0.1, 0.15) is 24.2 Å². The normalized spacial score (nSPS) is 15.4. The molecule has 0 bridgehead atoms. The van der Waals surface area contributed by atoms with E-state index in [1.165, 1.54) is 0 Å². The van der Waals surface area contributed by atoms with E-state index < -0.39 is 0 Å². The molecule has 7 heteroatoms. The highest BCUT2D eigenvalue weighted by atomic mass is 35.5. The topological polar surface area (TPSA) is 64.2 Å². The summed E-state index contributed by atoms with van der Waals surface area (Å²) in [5.74, 6) is 0.749. The molecule has 5 nitrogen and oxygen atoms in total. The van der Waals surface area contributed by atoms with Gasteiger partial charge < -0.3 is 10.6 Å². The Kier molecular flexibility index (Phi) is 8.16. The van der Waals surface area contributed by atoms with E-state index in [1.54, 1.807) is 4.68 Å². The number of likely N-dealkylation sites (tertiary alicyclic amines) is 1. The van der Waals surface area contributed by atoms with Crippen LogP contribution < -0.4 is 5.73 Å². The van der Waals surface area contributed by atoms with E-state index in [2.05, 4.69) is 5.10 Å². The molecule has 0 atom stereocenters. The van der Waals surface area contributed by atoms with Gasteiger partial charge in [0.05, 0.1) is 5.69 Å². The first-order valence-corrected chi connectivity index (χ1v) is 6.59. The van der Waals surface area contributed by atoms with Crippen molar-refractivity contribution in [2.24, 2.45) is 11.7 Å². The summed E-state index contributed by atoms with van der Waals surface area (Å²) in [5.41, 5.74) is 7.65. The summed E-state index contributed by atoms with van der Waals surface area (Å²) >= 11 is 0. The lowest BCUT2D eigenvalue weighted by Gasteiger charge is -2.31. The van der Waals surface area contributed by atoms with Gasteiger partial charge in [0.2, 0.25) is 5.91 Å². The summed E-state index contributed by atoms with van der Waals surface area (Å²) in [6, 6.07) is 1.99. The molecule has 1 fully saturated rings. The molecule has 2 rings (SSSR count). The number of hydrogen-bond donors (Lipinski definition) is 1. The van der Waals surface area contributed by atoms with Gasteiger partial charge in [0.25, 0.3) is 0 Å². The first-order valence-electron chi connectivity index (χ1n) is 6.59. The van der Waals surface area contributed by atoms with Gasteiger partial charge in [0, 0.05) is 18.8 Å². The Bertz CT molecular complexity index is 428. The van der Waals surface area contributed by atoms with Gasteiger partial charge in [-0.25, -0.2) is 0 Å². The van der Waals surface area contributed by atoms with Crippen LogP contribution in [0.2, 0.25) is 0 Å². The molecular weight excluding hydrogens is 299 g/mol. The summed E-state index contributed by atoms with van der Waals surface area (Å²) < 4.78 is 1.78. The average molecular weight is 323 g/mol. The standard InChI is InChI=1S/C13H22N4O.2ClH/c1-10-7-11(2)17(15-10)9-13(18)16-5-3-12(8-14)4-6-16;;/h7,12H,3-6,8-9,14H2,1-2H3;2*1H. The van der Waals surface area contributed by atoms with E-state index in [0.29, 0.717) is 12.5 Å². The van der Waals surface area contributed by atoms with Crippen LogP contribution in [0, 0.1) is 19.8 Å². The molecule has 1 aromatic rings. The fourth-order valence-corrected chi connectivity index (χ4v) is 2.48. The van der Waals surface area contributed by atoms with Gasteiger partial charge in [0.15, 0.2) is 0 Å². The second-order valence-electron chi connectivity index (χ2n) is 5.14. The Morgan fingerprint density at radius 1 is 1.35 bits per heavy atom. The first-order chi connectivity index (χ1) is 8.60. The Labute approximate surface area is 132 Å². The van der Waals surface area contributed by atoms with Crippen LogP contribution in [0.3, 0.4) is 0 Å². The van der Waals surface area contributed by atoms with Gasteiger partial charge in [-0.3, -0.25) is 9.48 Å². The monoisotopic (exact) mass is 322 g/mol. The summed E-state index contributed by atoms with van der Waals surface area (Å²) in [6.45, 7) is 6.68. The zero-order valence-electron chi connectivity index (χ0n) is 12.0. The van der Waals surface area contributed by atoms with Gasteiger partial charge in [-0.15, -0.1) is 24.8 Å². The van der Waals surface area contributed by atoms with E-state index in [-0.39, 0.29) is 30.7 Å². The predicted octanol–water partition coefficient (Wildman–Crippen LogP) is 1.54. The maximum atomic E-state index is 12.2. The lowest BCUT2D eigenvalue weighted by atomic mass is 9.97. The van der Waals surface area contributed by atoms with Crippen molar-refractivity contribution in [3.8, 4) is 0 Å². The highest BCUT2D eigenvalue weighted by molar-refractivity contribution is 5.85. The van der Waals surface area contributed by atoms with Crippen molar-refractivity contribution in [1.29, 1.82) is 0 Å². The van der Waals surface area contributed by atoms with Crippen molar-refractivity contribution in [3.63, 3.8) is 0 Å². The third-order valence-corrected chi connectivity index (χ3v) is 3.69. The Balaban J connectivity index is 0.00000180. The summed E-state index contributed by atoms with van der Waals surface area (Å²) in [6.07, 6.45) is 2.05. The maximum absolute atomic E-state index is 12.2. The highest BCUT2D eigenvalue weighted by Gasteiger charge is 2.22. The zero-order valence-corrected chi connectivity index (χ0v) is 13.7. The van der Waals surface area contributed by atoms with Crippen molar-refractivity contribution in [3.05, 3.63) is 17.5 Å². The molecule has 0 unspecified atom stereocenters. The number of rotatable bonds is 3. The van der Waals surface area contributed by atoms with Crippen molar-refractivity contribution in [2.75, 3.05) is 19.6 Å². The van der Waals surface area contributed by atoms with Crippen LogP contribution in [0.5, 0.6) is 0 Å². The molecule has 0 spiro atoms. The van der Waals surface area contributed by atoms with E-state index in [4.69, 9.17) is 5.73 Å². The van der Waals surface area contributed by atoms with Crippen LogP contribution in [0.15, 0.2) is 6.07 Å². The number of aryl methyl sites for hydroxylation is 2. The summed E-state index contributed by atoms with van der Waals surface area (Å²) in [4.78, 5) is 14.1. The molecule has 0 aromatic carbocycles. The van der Waals surface area contributed by atoms with Crippen molar-refractivity contribution >= 4 is 30.7 Å². The largest absolute Gasteiger partial charge is 0.341 e. The SMILES string of the molecule is Cc1cc(C)n(CC(=O)N2CCC(CN)CC2)n1.Cl.Cl. The molecule has 0 aliphatic carbocycles. The maximum Gasteiger partial charge on any atom is 0.244 e. The lowest BCUT2D eigenvalue weighted by Crippen LogP contribution is -2.41. The third-order valence-electron chi connectivity index (χ3n) is 3.69. The van der Waals surface area contributed by atoms with E-state index in [9.17, 15) is 4.79 Å². The molecule has 2 heterocycles. The fourth-order valence-electron chi connectivity index (χ4n) is 2.48. The molecule has 1 aliphatic heterocycles. The number of carbonyl (C=O) groups is 1. The predicted molar refractivity (Wildman–Crippen MR) is 84.6 cm³/mol. The first kappa shape index (κ1) is 19.2. The number of aromatic nitrogens is 2. The van der Waals surface area contributed by atoms with Gasteiger partial charge in [-0.05, 0) is 45.2 Å². The van der Waals surface area contributed by atoms with E-state index >= 15 is 0 Å². The second kappa shape index (κ2) is 8.49. The Morgan fingerprint density at radius 3 is 2.40 bits per heavy atom. The number of halogens is 2. The number of hydrogen-bond acceptors (Lipinski definition) is 3. The van der Waals surface area contributed by atoms with Gasteiger partial charge in [0.1, 0.15) is 6.54 Å². The summed E-state index contributed by atoms with van der Waals surface area (Å²) in [7, 11) is 0. The zero-order chi connectivity index (χ0) is 13.1.